The molecule has 0 saturated carbocycles. The number of carbonyl (C=O) groups is 2. The fraction of sp³-hybridized carbons (Fsp3) is 0.185. The number of nitrogens with one attached hydrogen (secondary N) is 1. The van der Waals surface area contributed by atoms with E-state index < -0.39 is 5.97 Å². The highest BCUT2D eigenvalue weighted by Gasteiger charge is 2.17. The van der Waals surface area contributed by atoms with E-state index in [0.717, 1.165) is 12.0 Å². The molecule has 7 nitrogen and oxygen atoms in total. The van der Waals surface area contributed by atoms with Gasteiger partial charge in [0.15, 0.2) is 5.58 Å². The Morgan fingerprint density at radius 1 is 1.09 bits per heavy atom. The zero-order valence-corrected chi connectivity index (χ0v) is 19.3. The molecule has 34 heavy (non-hydrogen) atoms. The summed E-state index contributed by atoms with van der Waals surface area (Å²) in [6.07, 6.45) is 2.48. The first-order valence-corrected chi connectivity index (χ1v) is 11.0. The Balaban J connectivity index is 1.91. The van der Waals surface area contributed by atoms with Crippen LogP contribution in [-0.4, -0.2) is 16.9 Å². The topological polar surface area (TPSA) is 93.8 Å². The van der Waals surface area contributed by atoms with Crippen LogP contribution in [0.25, 0.3) is 11.0 Å². The number of amides is 1. The number of ether oxygens (including phenoxy) is 1. The van der Waals surface area contributed by atoms with Crippen molar-refractivity contribution in [1.29, 1.82) is 0 Å². The van der Waals surface area contributed by atoms with E-state index in [1.807, 2.05) is 49.4 Å². The third-order valence-electron chi connectivity index (χ3n) is 5.31. The zero-order chi connectivity index (χ0) is 24.1. The molecule has 0 saturated heterocycles. The molecule has 0 bridgehead atoms. The first-order valence-electron chi connectivity index (χ1n) is 11.0. The number of hydrogen-bond donors (Lipinski definition) is 1. The second kappa shape index (κ2) is 10.1. The Bertz CT molecular complexity index is 1430. The third-order valence-corrected chi connectivity index (χ3v) is 5.31. The number of esters is 1. The number of aromatic nitrogens is 1. The maximum atomic E-state index is 13.3. The molecule has 0 radical (unpaired) electrons. The lowest BCUT2D eigenvalue weighted by Crippen LogP contribution is -2.22. The number of nitrogens with zero attached hydrogens (tertiary/aromatic N) is 2. The van der Waals surface area contributed by atoms with E-state index in [4.69, 9.17) is 9.15 Å². The standard InChI is InChI=1S/C27H25N3O4/c1-4-19-9-8-12-22(13-19)30-27-24(26(32)29-21-10-6-5-7-11-21)14-23-20(16-33-18(3)31)15-28-17(2)25(23)34-27/h5-15H,4,16H2,1-3H3,(H,29,32). The predicted octanol–water partition coefficient (Wildman–Crippen LogP) is 5.25. The van der Waals surface area contributed by atoms with Crippen molar-refractivity contribution < 1.29 is 18.7 Å². The molecule has 1 N–H and O–H groups in total. The highest BCUT2D eigenvalue weighted by atomic mass is 16.5. The first kappa shape index (κ1) is 22.9. The van der Waals surface area contributed by atoms with Crippen molar-refractivity contribution in [3.8, 4) is 0 Å². The maximum absolute atomic E-state index is 13.3. The Labute approximate surface area is 197 Å². The largest absolute Gasteiger partial charge is 0.461 e. The highest BCUT2D eigenvalue weighted by molar-refractivity contribution is 6.05. The number of carbonyl (C=O) groups excluding carboxylic acids is 2. The Morgan fingerprint density at radius 2 is 1.88 bits per heavy atom. The van der Waals surface area contributed by atoms with Crippen LogP contribution < -0.4 is 10.9 Å². The molecule has 7 heteroatoms. The Kier molecular flexibility index (Phi) is 6.82. The lowest BCUT2D eigenvalue weighted by Gasteiger charge is -2.11. The van der Waals surface area contributed by atoms with Gasteiger partial charge in [-0.25, -0.2) is 4.99 Å². The number of rotatable bonds is 6. The van der Waals surface area contributed by atoms with Crippen LogP contribution in [0.1, 0.15) is 41.0 Å². The van der Waals surface area contributed by atoms with Gasteiger partial charge < -0.3 is 14.5 Å². The van der Waals surface area contributed by atoms with Crippen LogP contribution in [-0.2, 0) is 22.6 Å². The van der Waals surface area contributed by atoms with Crippen molar-refractivity contribution in [3.05, 3.63) is 94.8 Å². The molecule has 0 spiro atoms. The summed E-state index contributed by atoms with van der Waals surface area (Å²) in [5.41, 5.74) is 4.63. The minimum Gasteiger partial charge on any atom is -0.461 e. The Hall–Kier alpha value is -4.26. The number of benzene rings is 2. The molecular weight excluding hydrogens is 430 g/mol. The van der Waals surface area contributed by atoms with Gasteiger partial charge in [-0.05, 0) is 49.2 Å². The molecule has 0 atom stereocenters. The summed E-state index contributed by atoms with van der Waals surface area (Å²) in [7, 11) is 0. The minimum absolute atomic E-state index is 0.0173. The van der Waals surface area contributed by atoms with Crippen LogP contribution in [0.3, 0.4) is 0 Å². The van der Waals surface area contributed by atoms with E-state index in [-0.39, 0.29) is 23.6 Å². The van der Waals surface area contributed by atoms with Crippen molar-refractivity contribution in [1.82, 2.24) is 4.98 Å². The molecule has 1 amide bonds. The lowest BCUT2D eigenvalue weighted by molar-refractivity contribution is -0.142. The minimum atomic E-state index is -0.407. The molecule has 0 unspecified atom stereocenters. The van der Waals surface area contributed by atoms with Gasteiger partial charge in [0, 0.05) is 29.8 Å². The molecular formula is C27H25N3O4. The van der Waals surface area contributed by atoms with Crippen LogP contribution in [0.15, 0.2) is 76.3 Å². The zero-order valence-electron chi connectivity index (χ0n) is 19.3. The molecule has 2 aromatic heterocycles. The summed E-state index contributed by atoms with van der Waals surface area (Å²) in [5.74, 6) is -0.773. The van der Waals surface area contributed by atoms with Crippen LogP contribution in [0.2, 0.25) is 0 Å². The SMILES string of the molecule is CCc1cccc(N=c2oc3c(C)ncc(COC(C)=O)c3cc2C(=O)Nc2ccccc2)c1. The number of pyridine rings is 1. The van der Waals surface area contributed by atoms with Gasteiger partial charge in [-0.15, -0.1) is 0 Å². The average Bonchev–Trinajstić information content (AvgIpc) is 2.84. The van der Waals surface area contributed by atoms with E-state index in [1.165, 1.54) is 6.92 Å². The number of anilines is 1. The third kappa shape index (κ3) is 5.20. The van der Waals surface area contributed by atoms with Crippen LogP contribution >= 0.6 is 0 Å². The maximum Gasteiger partial charge on any atom is 0.302 e. The predicted molar refractivity (Wildman–Crippen MR) is 130 cm³/mol. The molecule has 0 aliphatic carbocycles. The molecule has 0 aliphatic heterocycles. The monoisotopic (exact) mass is 455 g/mol. The normalized spacial score (nSPS) is 11.4. The van der Waals surface area contributed by atoms with Crippen LogP contribution in [0.5, 0.6) is 0 Å². The molecule has 0 aliphatic rings. The van der Waals surface area contributed by atoms with Crippen molar-refractivity contribution in [2.24, 2.45) is 4.99 Å². The fourth-order valence-corrected chi connectivity index (χ4v) is 3.51. The van der Waals surface area contributed by atoms with E-state index in [1.54, 1.807) is 24.4 Å². The van der Waals surface area contributed by atoms with Crippen molar-refractivity contribution in [3.63, 3.8) is 0 Å². The van der Waals surface area contributed by atoms with E-state index in [9.17, 15) is 9.59 Å². The molecule has 4 aromatic rings. The van der Waals surface area contributed by atoms with Gasteiger partial charge in [0.05, 0.1) is 11.4 Å². The highest BCUT2D eigenvalue weighted by Crippen LogP contribution is 2.23. The molecule has 0 fully saturated rings. The molecule has 2 heterocycles. The van der Waals surface area contributed by atoms with Crippen molar-refractivity contribution in [2.45, 2.75) is 33.8 Å². The second-order valence-corrected chi connectivity index (χ2v) is 7.81. The number of aryl methyl sites for hydroxylation is 2. The average molecular weight is 456 g/mol. The number of para-hydroxylation sites is 1. The fourth-order valence-electron chi connectivity index (χ4n) is 3.51. The van der Waals surface area contributed by atoms with Gasteiger partial charge in [-0.2, -0.15) is 0 Å². The van der Waals surface area contributed by atoms with Gasteiger partial charge >= 0.3 is 5.97 Å². The van der Waals surface area contributed by atoms with Gasteiger partial charge in [0.2, 0.25) is 5.55 Å². The summed E-state index contributed by atoms with van der Waals surface area (Å²) in [6, 6.07) is 18.6. The molecule has 4 rings (SSSR count). The number of fused-ring (bicyclic) bond motifs is 1. The van der Waals surface area contributed by atoms with Gasteiger partial charge in [-0.3, -0.25) is 14.6 Å². The van der Waals surface area contributed by atoms with Gasteiger partial charge in [0.1, 0.15) is 12.2 Å². The van der Waals surface area contributed by atoms with Gasteiger partial charge in [0.25, 0.3) is 5.91 Å². The lowest BCUT2D eigenvalue weighted by atomic mass is 10.1. The summed E-state index contributed by atoms with van der Waals surface area (Å²) >= 11 is 0. The smallest absolute Gasteiger partial charge is 0.302 e. The summed E-state index contributed by atoms with van der Waals surface area (Å²) in [5, 5.41) is 3.53. The number of hydrogen-bond acceptors (Lipinski definition) is 6. The van der Waals surface area contributed by atoms with E-state index in [2.05, 4.69) is 22.2 Å². The molecule has 172 valence electrons. The van der Waals surface area contributed by atoms with E-state index >= 15 is 0 Å². The summed E-state index contributed by atoms with van der Waals surface area (Å²) in [6.45, 7) is 5.24. The summed E-state index contributed by atoms with van der Waals surface area (Å²) < 4.78 is 11.4. The quantitative estimate of drug-likeness (QED) is 0.401. The first-order chi connectivity index (χ1) is 16.4. The Morgan fingerprint density at radius 3 is 2.62 bits per heavy atom. The van der Waals surface area contributed by atoms with Crippen LogP contribution in [0.4, 0.5) is 11.4 Å². The second-order valence-electron chi connectivity index (χ2n) is 7.81. The van der Waals surface area contributed by atoms with Crippen molar-refractivity contribution >= 4 is 34.2 Å². The van der Waals surface area contributed by atoms with E-state index in [0.29, 0.717) is 33.6 Å². The van der Waals surface area contributed by atoms with Crippen molar-refractivity contribution in [2.75, 3.05) is 5.32 Å². The van der Waals surface area contributed by atoms with Gasteiger partial charge in [-0.1, -0.05) is 37.3 Å². The summed E-state index contributed by atoms with van der Waals surface area (Å²) in [4.78, 5) is 33.7. The van der Waals surface area contributed by atoms with Crippen LogP contribution in [0, 0.1) is 6.92 Å². The molecule has 2 aromatic carbocycles.